The minimum absolute atomic E-state index is 0.0249. The van der Waals surface area contributed by atoms with Crippen molar-refractivity contribution in [2.75, 3.05) is 0 Å². The highest BCUT2D eigenvalue weighted by molar-refractivity contribution is 5.91. The summed E-state index contributed by atoms with van der Waals surface area (Å²) >= 11 is 0. The van der Waals surface area contributed by atoms with Crippen molar-refractivity contribution in [2.24, 2.45) is 0 Å². The van der Waals surface area contributed by atoms with E-state index in [4.69, 9.17) is 8.83 Å². The highest BCUT2D eigenvalue weighted by Gasteiger charge is 2.02. The van der Waals surface area contributed by atoms with Gasteiger partial charge in [-0.2, -0.15) is 0 Å². The molecule has 0 unspecified atom stereocenters. The molecule has 2 heterocycles. The van der Waals surface area contributed by atoms with Crippen LogP contribution in [0.25, 0.3) is 0 Å². The van der Waals surface area contributed by atoms with Gasteiger partial charge in [-0.15, -0.1) is 0 Å². The molecule has 0 bridgehead atoms. The normalized spacial score (nSPS) is 9.56. The van der Waals surface area contributed by atoms with Gasteiger partial charge >= 0.3 is 0 Å². The Hall–Kier alpha value is -2.10. The van der Waals surface area contributed by atoms with Crippen molar-refractivity contribution >= 4 is 11.6 Å². The number of ketones is 2. The van der Waals surface area contributed by atoms with E-state index in [0.717, 1.165) is 11.3 Å². The van der Waals surface area contributed by atoms with Gasteiger partial charge in [0, 0.05) is 13.8 Å². The first-order valence-electron chi connectivity index (χ1n) is 5.53. The lowest BCUT2D eigenvalue weighted by molar-refractivity contribution is 0.0979. The van der Waals surface area contributed by atoms with E-state index in [1.54, 1.807) is 24.5 Å². The smallest absolute Gasteiger partial charge is 0.194 e. The maximum Gasteiger partial charge on any atom is 0.194 e. The SMILES string of the molecule is CC(=O)c1cc(C)co1.CC(=O)c1ccc(C)o1. The van der Waals surface area contributed by atoms with Crippen molar-refractivity contribution in [1.82, 2.24) is 0 Å². The highest BCUT2D eigenvalue weighted by Crippen LogP contribution is 2.06. The number of aryl methyl sites for hydroxylation is 2. The zero-order chi connectivity index (χ0) is 13.7. The molecule has 4 heteroatoms. The Morgan fingerprint density at radius 1 is 1.00 bits per heavy atom. The van der Waals surface area contributed by atoms with Crippen LogP contribution in [0.4, 0.5) is 0 Å². The van der Waals surface area contributed by atoms with Gasteiger partial charge in [0.2, 0.25) is 0 Å². The van der Waals surface area contributed by atoms with E-state index in [1.807, 2.05) is 13.8 Å². The van der Waals surface area contributed by atoms with E-state index in [-0.39, 0.29) is 11.6 Å². The highest BCUT2D eigenvalue weighted by atomic mass is 16.3. The minimum Gasteiger partial charge on any atom is -0.461 e. The molecule has 0 spiro atoms. The molecule has 0 saturated carbocycles. The maximum absolute atomic E-state index is 10.6. The fourth-order valence-electron chi connectivity index (χ4n) is 1.24. The zero-order valence-electron chi connectivity index (χ0n) is 10.9. The Labute approximate surface area is 106 Å². The molecule has 0 aliphatic rings. The van der Waals surface area contributed by atoms with Crippen LogP contribution < -0.4 is 0 Å². The summed E-state index contributed by atoms with van der Waals surface area (Å²) in [5.74, 6) is 1.60. The second-order valence-corrected chi connectivity index (χ2v) is 4.01. The second-order valence-electron chi connectivity index (χ2n) is 4.01. The molecule has 0 radical (unpaired) electrons. The van der Waals surface area contributed by atoms with E-state index in [2.05, 4.69) is 0 Å². The molecule has 2 aromatic heterocycles. The van der Waals surface area contributed by atoms with Gasteiger partial charge in [-0.1, -0.05) is 0 Å². The van der Waals surface area contributed by atoms with Gasteiger partial charge in [-0.05, 0) is 37.6 Å². The lowest BCUT2D eigenvalue weighted by atomic mass is 10.3. The fourth-order valence-corrected chi connectivity index (χ4v) is 1.24. The summed E-state index contributed by atoms with van der Waals surface area (Å²) in [5.41, 5.74) is 0.986. The lowest BCUT2D eigenvalue weighted by Gasteiger charge is -1.83. The summed E-state index contributed by atoms with van der Waals surface area (Å²) in [4.78, 5) is 21.1. The average Bonchev–Trinajstić information content (AvgIpc) is 2.88. The van der Waals surface area contributed by atoms with E-state index < -0.39 is 0 Å². The minimum atomic E-state index is -0.0249. The lowest BCUT2D eigenvalue weighted by Crippen LogP contribution is -1.85. The topological polar surface area (TPSA) is 60.4 Å². The van der Waals surface area contributed by atoms with Crippen LogP contribution in [-0.2, 0) is 0 Å². The summed E-state index contributed by atoms with van der Waals surface area (Å²) in [6.07, 6.45) is 1.57. The molecular formula is C14H16O4. The van der Waals surface area contributed by atoms with Crippen molar-refractivity contribution in [2.45, 2.75) is 27.7 Å². The maximum atomic E-state index is 10.6. The van der Waals surface area contributed by atoms with Crippen LogP contribution in [0.3, 0.4) is 0 Å². The summed E-state index contributed by atoms with van der Waals surface area (Å²) in [6, 6.07) is 5.18. The van der Waals surface area contributed by atoms with Gasteiger partial charge in [0.1, 0.15) is 5.76 Å². The molecule has 0 aromatic carbocycles. The van der Waals surface area contributed by atoms with Crippen molar-refractivity contribution in [3.05, 3.63) is 47.3 Å². The van der Waals surface area contributed by atoms with Gasteiger partial charge in [-0.3, -0.25) is 9.59 Å². The van der Waals surface area contributed by atoms with Crippen molar-refractivity contribution in [3.8, 4) is 0 Å². The number of hydrogen-bond acceptors (Lipinski definition) is 4. The predicted octanol–water partition coefficient (Wildman–Crippen LogP) is 3.58. The van der Waals surface area contributed by atoms with Gasteiger partial charge < -0.3 is 8.83 Å². The molecule has 0 aliphatic heterocycles. The number of hydrogen-bond donors (Lipinski definition) is 0. The summed E-state index contributed by atoms with van der Waals surface area (Å²) in [5, 5.41) is 0. The summed E-state index contributed by atoms with van der Waals surface area (Å²) in [7, 11) is 0. The molecule has 0 N–H and O–H groups in total. The molecule has 2 aromatic rings. The number of Topliss-reactive ketones (excluding diaryl/α,β-unsaturated/α-hetero) is 2. The summed E-state index contributed by atoms with van der Waals surface area (Å²) in [6.45, 7) is 6.67. The van der Waals surface area contributed by atoms with Crippen LogP contribution in [0.15, 0.2) is 33.3 Å². The third kappa shape index (κ3) is 4.05. The molecule has 0 saturated heterocycles. The fraction of sp³-hybridized carbons (Fsp3) is 0.286. The van der Waals surface area contributed by atoms with Crippen LogP contribution >= 0.6 is 0 Å². The average molecular weight is 248 g/mol. The van der Waals surface area contributed by atoms with Gasteiger partial charge in [0.15, 0.2) is 23.1 Å². The molecule has 4 nitrogen and oxygen atoms in total. The van der Waals surface area contributed by atoms with E-state index in [0.29, 0.717) is 11.5 Å². The molecule has 0 atom stereocenters. The molecule has 2 rings (SSSR count). The van der Waals surface area contributed by atoms with Gasteiger partial charge in [0.05, 0.1) is 6.26 Å². The Kier molecular flexibility index (Phi) is 4.66. The van der Waals surface area contributed by atoms with Crippen LogP contribution in [0.1, 0.15) is 46.3 Å². The van der Waals surface area contributed by atoms with Crippen molar-refractivity contribution < 1.29 is 18.4 Å². The Morgan fingerprint density at radius 3 is 1.83 bits per heavy atom. The second kappa shape index (κ2) is 6.00. The van der Waals surface area contributed by atoms with Gasteiger partial charge in [-0.25, -0.2) is 0 Å². The largest absolute Gasteiger partial charge is 0.461 e. The first-order valence-corrected chi connectivity index (χ1v) is 5.53. The number of furan rings is 2. The Morgan fingerprint density at radius 2 is 1.61 bits per heavy atom. The predicted molar refractivity (Wildman–Crippen MR) is 66.9 cm³/mol. The number of rotatable bonds is 2. The molecule has 0 fully saturated rings. The van der Waals surface area contributed by atoms with Gasteiger partial charge in [0.25, 0.3) is 0 Å². The number of carbonyl (C=O) groups is 2. The molecule has 18 heavy (non-hydrogen) atoms. The quantitative estimate of drug-likeness (QED) is 0.762. The van der Waals surface area contributed by atoms with Crippen LogP contribution in [0, 0.1) is 13.8 Å². The third-order valence-electron chi connectivity index (χ3n) is 2.16. The van der Waals surface area contributed by atoms with Crippen LogP contribution in [0.5, 0.6) is 0 Å². The molecular weight excluding hydrogens is 232 g/mol. The summed E-state index contributed by atoms with van der Waals surface area (Å²) < 4.78 is 9.87. The first-order chi connectivity index (χ1) is 8.40. The third-order valence-corrected chi connectivity index (χ3v) is 2.16. The monoisotopic (exact) mass is 248 g/mol. The molecule has 0 aliphatic carbocycles. The van der Waals surface area contributed by atoms with Crippen LogP contribution in [0.2, 0.25) is 0 Å². The Bertz CT molecular complexity index is 495. The van der Waals surface area contributed by atoms with Crippen molar-refractivity contribution in [3.63, 3.8) is 0 Å². The first kappa shape index (κ1) is 14.0. The van der Waals surface area contributed by atoms with E-state index in [9.17, 15) is 9.59 Å². The molecule has 96 valence electrons. The molecule has 0 amide bonds. The van der Waals surface area contributed by atoms with E-state index >= 15 is 0 Å². The van der Waals surface area contributed by atoms with E-state index in [1.165, 1.54) is 13.8 Å². The zero-order valence-corrected chi connectivity index (χ0v) is 10.9. The number of carbonyl (C=O) groups excluding carboxylic acids is 2. The van der Waals surface area contributed by atoms with Crippen molar-refractivity contribution in [1.29, 1.82) is 0 Å². The Balaban J connectivity index is 0.000000180. The standard InChI is InChI=1S/2C7H8O2/c1-5-3-7(6(2)8)9-4-5;1-5-3-4-7(9-5)6(2)8/h2*3-4H,1-2H3. The van der Waals surface area contributed by atoms with Crippen LogP contribution in [-0.4, -0.2) is 11.6 Å².